The summed E-state index contributed by atoms with van der Waals surface area (Å²) in [7, 11) is 0. The zero-order valence-corrected chi connectivity index (χ0v) is 8.25. The third kappa shape index (κ3) is 2.07. The van der Waals surface area contributed by atoms with Gasteiger partial charge in [-0.05, 0) is 13.0 Å². The van der Waals surface area contributed by atoms with Crippen molar-refractivity contribution in [3.63, 3.8) is 0 Å². The van der Waals surface area contributed by atoms with Crippen molar-refractivity contribution in [3.8, 4) is 0 Å². The van der Waals surface area contributed by atoms with Gasteiger partial charge in [0.2, 0.25) is 0 Å². The number of H-pyrrole nitrogens is 1. The van der Waals surface area contributed by atoms with Crippen LogP contribution in [0.25, 0.3) is 12.0 Å². The SMILES string of the molecule is C/C=C/C(F)=c1/[nH]cc(C(N)=O)/c1=C/N. The molecule has 0 spiro atoms. The van der Waals surface area contributed by atoms with Gasteiger partial charge in [0.1, 0.15) is 5.83 Å². The van der Waals surface area contributed by atoms with Crippen LogP contribution < -0.4 is 22.0 Å². The number of aromatic nitrogens is 1. The first-order valence-corrected chi connectivity index (χ1v) is 4.33. The minimum Gasteiger partial charge on any atom is -0.404 e. The van der Waals surface area contributed by atoms with E-state index in [-0.39, 0.29) is 16.1 Å². The average Bonchev–Trinajstić information content (AvgIpc) is 2.61. The largest absolute Gasteiger partial charge is 0.404 e. The van der Waals surface area contributed by atoms with Crippen LogP contribution in [0.1, 0.15) is 17.3 Å². The summed E-state index contributed by atoms with van der Waals surface area (Å²) in [6.45, 7) is 1.68. The molecule has 5 heteroatoms. The molecule has 0 aromatic carbocycles. The third-order valence-corrected chi connectivity index (χ3v) is 1.90. The highest BCUT2D eigenvalue weighted by Gasteiger charge is 2.06. The van der Waals surface area contributed by atoms with Crippen molar-refractivity contribution < 1.29 is 9.18 Å². The second-order valence-corrected chi connectivity index (χ2v) is 2.87. The van der Waals surface area contributed by atoms with Crippen LogP contribution in [0.5, 0.6) is 0 Å². The van der Waals surface area contributed by atoms with Crippen LogP contribution in [0.3, 0.4) is 0 Å². The molecule has 0 unspecified atom stereocenters. The molecule has 0 atom stereocenters. The van der Waals surface area contributed by atoms with Crippen LogP contribution in [-0.2, 0) is 0 Å². The van der Waals surface area contributed by atoms with Crippen LogP contribution in [0.4, 0.5) is 4.39 Å². The highest BCUT2D eigenvalue weighted by Crippen LogP contribution is 1.95. The topological polar surface area (TPSA) is 84.9 Å². The molecule has 1 aromatic rings. The molecule has 1 aromatic heterocycles. The quantitative estimate of drug-likeness (QED) is 0.611. The predicted octanol–water partition coefficient (Wildman–Crippen LogP) is -0.536. The van der Waals surface area contributed by atoms with Crippen molar-refractivity contribution >= 4 is 17.9 Å². The average molecular weight is 209 g/mol. The second-order valence-electron chi connectivity index (χ2n) is 2.87. The fraction of sp³-hybridized carbons (Fsp3) is 0.100. The maximum atomic E-state index is 13.4. The van der Waals surface area contributed by atoms with Crippen LogP contribution >= 0.6 is 0 Å². The van der Waals surface area contributed by atoms with E-state index in [9.17, 15) is 9.18 Å². The van der Waals surface area contributed by atoms with E-state index in [0.29, 0.717) is 0 Å². The Kier molecular flexibility index (Phi) is 3.28. The number of nitrogens with two attached hydrogens (primary N) is 2. The van der Waals surface area contributed by atoms with Gasteiger partial charge in [-0.1, -0.05) is 6.08 Å². The van der Waals surface area contributed by atoms with Crippen LogP contribution in [0.2, 0.25) is 0 Å². The first-order valence-electron chi connectivity index (χ1n) is 4.33. The van der Waals surface area contributed by atoms with Gasteiger partial charge >= 0.3 is 0 Å². The van der Waals surface area contributed by atoms with E-state index >= 15 is 0 Å². The molecule has 0 bridgehead atoms. The molecular formula is C10H12FN3O. The molecule has 1 rings (SSSR count). The molecule has 0 aliphatic heterocycles. The number of amides is 1. The highest BCUT2D eigenvalue weighted by atomic mass is 19.1. The molecule has 0 aliphatic carbocycles. The minimum atomic E-state index is -0.650. The number of hydrogen-bond donors (Lipinski definition) is 3. The summed E-state index contributed by atoms with van der Waals surface area (Å²) in [5.74, 6) is -1.15. The number of carbonyl (C=O) groups excluding carboxylic acids is 1. The fourth-order valence-corrected chi connectivity index (χ4v) is 1.24. The summed E-state index contributed by atoms with van der Waals surface area (Å²) in [5, 5.41) is 0.433. The smallest absolute Gasteiger partial charge is 0.250 e. The first kappa shape index (κ1) is 11.0. The number of aromatic amines is 1. The van der Waals surface area contributed by atoms with Crippen molar-refractivity contribution in [3.05, 3.63) is 34.5 Å². The molecule has 0 aliphatic rings. The van der Waals surface area contributed by atoms with E-state index in [4.69, 9.17) is 11.5 Å². The second kappa shape index (κ2) is 4.45. The highest BCUT2D eigenvalue weighted by molar-refractivity contribution is 5.93. The van der Waals surface area contributed by atoms with E-state index in [2.05, 4.69) is 4.98 Å². The Balaban J connectivity index is 3.62. The maximum Gasteiger partial charge on any atom is 0.250 e. The maximum absolute atomic E-state index is 13.4. The summed E-state index contributed by atoms with van der Waals surface area (Å²) >= 11 is 0. The number of carbonyl (C=O) groups is 1. The predicted molar refractivity (Wildman–Crippen MR) is 56.5 cm³/mol. The first-order chi connectivity index (χ1) is 7.11. The summed E-state index contributed by atoms with van der Waals surface area (Å²) in [6, 6.07) is 0. The Morgan fingerprint density at radius 2 is 2.27 bits per heavy atom. The van der Waals surface area contributed by atoms with E-state index in [1.165, 1.54) is 12.3 Å². The van der Waals surface area contributed by atoms with Gasteiger partial charge < -0.3 is 16.5 Å². The molecule has 80 valence electrons. The Hall–Kier alpha value is -2.04. The van der Waals surface area contributed by atoms with E-state index in [1.807, 2.05) is 0 Å². The van der Waals surface area contributed by atoms with Crippen LogP contribution in [0.15, 0.2) is 18.3 Å². The van der Waals surface area contributed by atoms with Crippen molar-refractivity contribution in [2.45, 2.75) is 6.92 Å². The Morgan fingerprint density at radius 1 is 1.60 bits per heavy atom. The third-order valence-electron chi connectivity index (χ3n) is 1.90. The molecule has 0 saturated carbocycles. The van der Waals surface area contributed by atoms with Crippen LogP contribution in [-0.4, -0.2) is 10.9 Å². The number of allylic oxidation sites excluding steroid dienone is 2. The Morgan fingerprint density at radius 3 is 2.73 bits per heavy atom. The molecule has 4 nitrogen and oxygen atoms in total. The lowest BCUT2D eigenvalue weighted by Gasteiger charge is -1.87. The van der Waals surface area contributed by atoms with E-state index < -0.39 is 11.7 Å². The summed E-state index contributed by atoms with van der Waals surface area (Å²) in [6.07, 6.45) is 5.29. The van der Waals surface area contributed by atoms with Crippen molar-refractivity contribution in [2.24, 2.45) is 11.5 Å². The molecular weight excluding hydrogens is 197 g/mol. The number of hydrogen-bond acceptors (Lipinski definition) is 2. The van der Waals surface area contributed by atoms with Crippen LogP contribution in [0, 0.1) is 0 Å². The number of nitrogens with one attached hydrogen (secondary N) is 1. The number of rotatable bonds is 2. The van der Waals surface area contributed by atoms with Gasteiger partial charge in [-0.2, -0.15) is 0 Å². The van der Waals surface area contributed by atoms with Gasteiger partial charge in [0.25, 0.3) is 5.91 Å². The normalized spacial score (nSPS) is 14.7. The standard InChI is InChI=1S/C10H12FN3O/c1-2-3-8(11)9-6(4-12)7(5-14-9)10(13)15/h2-5,14H,12H2,1H3,(H2,13,15)/b3-2+,6-4-,9-8-. The van der Waals surface area contributed by atoms with Gasteiger partial charge in [-0.25, -0.2) is 4.39 Å². The Labute approximate surface area is 85.8 Å². The van der Waals surface area contributed by atoms with Crippen molar-refractivity contribution in [2.75, 3.05) is 0 Å². The Bertz CT molecular complexity index is 513. The lowest BCUT2D eigenvalue weighted by molar-refractivity contribution is 0.0999. The lowest BCUT2D eigenvalue weighted by atomic mass is 10.2. The van der Waals surface area contributed by atoms with Crippen molar-refractivity contribution in [1.29, 1.82) is 0 Å². The van der Waals surface area contributed by atoms with E-state index in [0.717, 1.165) is 6.20 Å². The monoisotopic (exact) mass is 209 g/mol. The molecule has 1 heterocycles. The number of halogens is 1. The molecule has 1 amide bonds. The minimum absolute atomic E-state index is 0.157. The van der Waals surface area contributed by atoms with Gasteiger partial charge in [-0.3, -0.25) is 4.79 Å². The zero-order chi connectivity index (χ0) is 11.4. The van der Waals surface area contributed by atoms with E-state index in [1.54, 1.807) is 13.0 Å². The number of primary amides is 1. The van der Waals surface area contributed by atoms with Gasteiger partial charge in [0.05, 0.1) is 10.9 Å². The van der Waals surface area contributed by atoms with Crippen molar-refractivity contribution in [1.82, 2.24) is 4.98 Å². The lowest BCUT2D eigenvalue weighted by Crippen LogP contribution is -2.31. The summed E-state index contributed by atoms with van der Waals surface area (Å²) in [4.78, 5) is 13.6. The fourth-order valence-electron chi connectivity index (χ4n) is 1.24. The van der Waals surface area contributed by atoms with Gasteiger partial charge in [0.15, 0.2) is 0 Å². The molecule has 0 radical (unpaired) electrons. The summed E-state index contributed by atoms with van der Waals surface area (Å²) in [5.41, 5.74) is 10.6. The molecule has 0 fully saturated rings. The van der Waals surface area contributed by atoms with Gasteiger partial charge in [-0.15, -0.1) is 0 Å². The summed E-state index contributed by atoms with van der Waals surface area (Å²) < 4.78 is 13.4. The van der Waals surface area contributed by atoms with Gasteiger partial charge in [0, 0.05) is 17.6 Å². The molecule has 5 N–H and O–H groups in total. The molecule has 0 saturated heterocycles. The molecule has 15 heavy (non-hydrogen) atoms. The zero-order valence-electron chi connectivity index (χ0n) is 8.25.